The number of benzene rings is 1. The minimum Gasteiger partial charge on any atom is -0.302 e. The third-order valence-corrected chi connectivity index (χ3v) is 6.38. The number of carbonyl (C=O) groups excluding carboxylic acids is 1. The summed E-state index contributed by atoms with van der Waals surface area (Å²) in [4.78, 5) is 16.8. The maximum Gasteiger partial charge on any atom is 0.238 e. The molecule has 1 saturated carbocycles. The van der Waals surface area contributed by atoms with Crippen LogP contribution >= 0.6 is 11.3 Å². The number of nitrogens with one attached hydrogen (secondary N) is 1. The van der Waals surface area contributed by atoms with E-state index >= 15 is 0 Å². The van der Waals surface area contributed by atoms with E-state index in [1.54, 1.807) is 6.07 Å². The Morgan fingerprint density at radius 3 is 2.78 bits per heavy atom. The highest BCUT2D eigenvalue weighted by molar-refractivity contribution is 7.89. The van der Waals surface area contributed by atoms with Gasteiger partial charge in [-0.1, -0.05) is 23.5 Å². The summed E-state index contributed by atoms with van der Waals surface area (Å²) >= 11 is 1.25. The number of hydrogen-bond acceptors (Lipinski definition) is 5. The molecule has 3 unspecified atom stereocenters. The molecule has 3 atom stereocenters. The monoisotopic (exact) mass is 349 g/mol. The van der Waals surface area contributed by atoms with Crippen molar-refractivity contribution in [2.75, 3.05) is 5.32 Å². The summed E-state index contributed by atoms with van der Waals surface area (Å²) in [6, 6.07) is 4.50. The van der Waals surface area contributed by atoms with Gasteiger partial charge in [-0.15, -0.1) is 0 Å². The quantitative estimate of drug-likeness (QED) is 0.828. The first-order valence-corrected chi connectivity index (χ1v) is 9.69. The number of carbonyl (C=O) groups is 1. The van der Waals surface area contributed by atoms with E-state index in [1.165, 1.54) is 23.5 Å². The number of nitrogens with zero attached hydrogens (tertiary/aromatic N) is 1. The first-order valence-electron chi connectivity index (χ1n) is 7.33. The molecule has 8 heteroatoms. The Kier molecular flexibility index (Phi) is 3.29. The summed E-state index contributed by atoms with van der Waals surface area (Å²) in [6.45, 7) is 0. The van der Waals surface area contributed by atoms with E-state index in [-0.39, 0.29) is 16.7 Å². The topological polar surface area (TPSA) is 102 Å². The Balaban J connectivity index is 1.57. The molecule has 0 saturated heterocycles. The molecule has 2 aliphatic rings. The SMILES string of the molecule is NS(=O)(=O)c1ccc2nc(NC(=O)C3CC4C=CC3C4)sc2c1. The minimum atomic E-state index is -3.74. The molecule has 2 aromatic rings. The molecule has 2 aliphatic carbocycles. The van der Waals surface area contributed by atoms with Crippen molar-refractivity contribution in [1.29, 1.82) is 0 Å². The largest absolute Gasteiger partial charge is 0.302 e. The fourth-order valence-corrected chi connectivity index (χ4v) is 4.94. The van der Waals surface area contributed by atoms with Crippen molar-refractivity contribution in [3.8, 4) is 0 Å². The van der Waals surface area contributed by atoms with Gasteiger partial charge in [-0.05, 0) is 42.9 Å². The van der Waals surface area contributed by atoms with Gasteiger partial charge in [-0.2, -0.15) is 0 Å². The molecule has 1 aromatic heterocycles. The number of primary sulfonamides is 1. The van der Waals surface area contributed by atoms with Crippen LogP contribution in [0, 0.1) is 17.8 Å². The fourth-order valence-electron chi connectivity index (χ4n) is 3.42. The maximum atomic E-state index is 12.4. The lowest BCUT2D eigenvalue weighted by molar-refractivity contribution is -0.120. The van der Waals surface area contributed by atoms with Gasteiger partial charge >= 0.3 is 0 Å². The molecule has 0 spiro atoms. The molecule has 2 bridgehead atoms. The van der Waals surface area contributed by atoms with E-state index in [2.05, 4.69) is 22.5 Å². The first kappa shape index (κ1) is 14.8. The smallest absolute Gasteiger partial charge is 0.238 e. The van der Waals surface area contributed by atoms with Crippen LogP contribution in [0.15, 0.2) is 35.2 Å². The lowest BCUT2D eigenvalue weighted by atomic mass is 9.93. The Labute approximate surface area is 137 Å². The number of sulfonamides is 1. The van der Waals surface area contributed by atoms with Crippen LogP contribution in [0.1, 0.15) is 12.8 Å². The first-order chi connectivity index (χ1) is 10.9. The average molecular weight is 349 g/mol. The maximum absolute atomic E-state index is 12.4. The van der Waals surface area contributed by atoms with Crippen molar-refractivity contribution in [2.24, 2.45) is 22.9 Å². The van der Waals surface area contributed by atoms with Gasteiger partial charge in [-0.25, -0.2) is 18.5 Å². The predicted octanol–water partition coefficient (Wildman–Crippen LogP) is 2.09. The number of amides is 1. The number of thiazole rings is 1. The van der Waals surface area contributed by atoms with Crippen molar-refractivity contribution in [2.45, 2.75) is 17.7 Å². The number of fused-ring (bicyclic) bond motifs is 3. The van der Waals surface area contributed by atoms with E-state index in [0.29, 0.717) is 27.2 Å². The third-order valence-electron chi connectivity index (χ3n) is 4.53. The molecular weight excluding hydrogens is 334 g/mol. The summed E-state index contributed by atoms with van der Waals surface area (Å²) in [7, 11) is -3.74. The summed E-state index contributed by atoms with van der Waals surface area (Å²) in [5.74, 6) is 0.872. The van der Waals surface area contributed by atoms with Gasteiger partial charge in [0.2, 0.25) is 15.9 Å². The van der Waals surface area contributed by atoms with E-state index in [1.807, 2.05) is 0 Å². The molecule has 4 rings (SSSR count). The molecule has 3 N–H and O–H groups in total. The highest BCUT2D eigenvalue weighted by Crippen LogP contribution is 2.44. The van der Waals surface area contributed by atoms with Crippen molar-refractivity contribution in [3.05, 3.63) is 30.4 Å². The van der Waals surface area contributed by atoms with Gasteiger partial charge in [0.05, 0.1) is 15.1 Å². The van der Waals surface area contributed by atoms with E-state index < -0.39 is 10.0 Å². The fraction of sp³-hybridized carbons (Fsp3) is 0.333. The molecule has 1 fully saturated rings. The molecular formula is C15H15N3O3S2. The molecule has 1 heterocycles. The molecule has 0 radical (unpaired) electrons. The van der Waals surface area contributed by atoms with Crippen LogP contribution in [-0.2, 0) is 14.8 Å². The number of allylic oxidation sites excluding steroid dienone is 2. The lowest BCUT2D eigenvalue weighted by Crippen LogP contribution is -2.25. The second kappa shape index (κ2) is 5.12. The van der Waals surface area contributed by atoms with Crippen molar-refractivity contribution >= 4 is 42.6 Å². The molecule has 120 valence electrons. The van der Waals surface area contributed by atoms with E-state index in [4.69, 9.17) is 5.14 Å². The molecule has 0 aliphatic heterocycles. The normalized spacial score (nSPS) is 26.0. The Bertz CT molecular complexity index is 933. The van der Waals surface area contributed by atoms with Crippen LogP contribution in [0.2, 0.25) is 0 Å². The standard InChI is InChI=1S/C15H15N3O3S2/c16-23(20,21)10-3-4-12-13(7-10)22-15(17-12)18-14(19)11-6-8-1-2-9(11)5-8/h1-4,7-9,11H,5-6H2,(H2,16,20,21)(H,17,18,19). The van der Waals surface area contributed by atoms with Crippen molar-refractivity contribution in [3.63, 3.8) is 0 Å². The van der Waals surface area contributed by atoms with Gasteiger partial charge < -0.3 is 5.32 Å². The number of aromatic nitrogens is 1. The molecule has 1 aromatic carbocycles. The van der Waals surface area contributed by atoms with Gasteiger partial charge in [0.15, 0.2) is 5.13 Å². The third kappa shape index (κ3) is 2.66. The number of anilines is 1. The Morgan fingerprint density at radius 1 is 1.30 bits per heavy atom. The van der Waals surface area contributed by atoms with Crippen LogP contribution in [0.3, 0.4) is 0 Å². The summed E-state index contributed by atoms with van der Waals surface area (Å²) in [5, 5.41) is 8.49. The number of nitrogens with two attached hydrogens (primary N) is 1. The summed E-state index contributed by atoms with van der Waals surface area (Å²) < 4.78 is 23.5. The Hall–Kier alpha value is -1.77. The second-order valence-electron chi connectivity index (χ2n) is 6.07. The average Bonchev–Trinajstić information content (AvgIpc) is 3.19. The number of rotatable bonds is 3. The van der Waals surface area contributed by atoms with Crippen LogP contribution in [0.5, 0.6) is 0 Å². The van der Waals surface area contributed by atoms with Crippen molar-refractivity contribution < 1.29 is 13.2 Å². The minimum absolute atomic E-state index is 0.00687. The van der Waals surface area contributed by atoms with E-state index in [0.717, 1.165) is 12.8 Å². The van der Waals surface area contributed by atoms with Crippen LogP contribution in [0.4, 0.5) is 5.13 Å². The summed E-state index contributed by atoms with van der Waals surface area (Å²) in [6.07, 6.45) is 6.29. The number of hydrogen-bond donors (Lipinski definition) is 2. The zero-order chi connectivity index (χ0) is 16.2. The van der Waals surface area contributed by atoms with Crippen molar-refractivity contribution in [1.82, 2.24) is 4.98 Å². The highest BCUT2D eigenvalue weighted by Gasteiger charge is 2.39. The molecule has 6 nitrogen and oxygen atoms in total. The second-order valence-corrected chi connectivity index (χ2v) is 8.66. The zero-order valence-electron chi connectivity index (χ0n) is 12.1. The predicted molar refractivity (Wildman–Crippen MR) is 88.5 cm³/mol. The lowest BCUT2D eigenvalue weighted by Gasteiger charge is -2.16. The molecule has 1 amide bonds. The van der Waals surface area contributed by atoms with Gasteiger partial charge in [0.25, 0.3) is 0 Å². The Morgan fingerprint density at radius 2 is 2.13 bits per heavy atom. The molecule has 23 heavy (non-hydrogen) atoms. The van der Waals surface area contributed by atoms with E-state index in [9.17, 15) is 13.2 Å². The van der Waals surface area contributed by atoms with Gasteiger partial charge in [-0.3, -0.25) is 4.79 Å². The van der Waals surface area contributed by atoms with Crippen LogP contribution < -0.4 is 10.5 Å². The van der Waals surface area contributed by atoms with Crippen LogP contribution in [-0.4, -0.2) is 19.3 Å². The highest BCUT2D eigenvalue weighted by atomic mass is 32.2. The summed E-state index contributed by atoms with van der Waals surface area (Å²) in [5.41, 5.74) is 0.644. The van der Waals surface area contributed by atoms with Crippen LogP contribution in [0.25, 0.3) is 10.2 Å². The van der Waals surface area contributed by atoms with Gasteiger partial charge in [0, 0.05) is 5.92 Å². The van der Waals surface area contributed by atoms with Gasteiger partial charge in [0.1, 0.15) is 0 Å². The zero-order valence-corrected chi connectivity index (χ0v) is 13.7.